The average Bonchev–Trinajstić information content (AvgIpc) is 2.27. The fourth-order valence-electron chi connectivity index (χ4n) is 1.29. The molecular formula is C10H12N6. The Morgan fingerprint density at radius 2 is 2.25 bits per heavy atom. The van der Waals surface area contributed by atoms with Crippen LogP contribution < -0.4 is 11.1 Å². The first-order valence-corrected chi connectivity index (χ1v) is 4.84. The van der Waals surface area contributed by atoms with Gasteiger partial charge in [0.15, 0.2) is 0 Å². The average molecular weight is 216 g/mol. The third kappa shape index (κ3) is 2.63. The molecule has 0 saturated carbocycles. The molecule has 0 saturated heterocycles. The van der Waals surface area contributed by atoms with Gasteiger partial charge in [0.25, 0.3) is 0 Å². The van der Waals surface area contributed by atoms with Crippen molar-refractivity contribution in [2.24, 2.45) is 0 Å². The van der Waals surface area contributed by atoms with Crippen molar-refractivity contribution in [3.8, 4) is 0 Å². The number of nitrogens with one attached hydrogen (secondary N) is 1. The van der Waals surface area contributed by atoms with Crippen molar-refractivity contribution in [2.45, 2.75) is 13.5 Å². The predicted octanol–water partition coefficient (Wildman–Crippen LogP) is 0.769. The molecule has 16 heavy (non-hydrogen) atoms. The van der Waals surface area contributed by atoms with Gasteiger partial charge < -0.3 is 11.1 Å². The van der Waals surface area contributed by atoms with E-state index in [1.807, 2.05) is 19.1 Å². The number of anilines is 2. The molecule has 6 nitrogen and oxygen atoms in total. The SMILES string of the molecule is Cc1cc(NCc2ccncn2)nc(N)n1. The lowest BCUT2D eigenvalue weighted by Crippen LogP contribution is -2.06. The van der Waals surface area contributed by atoms with Gasteiger partial charge in [-0.3, -0.25) is 0 Å². The Morgan fingerprint density at radius 3 is 2.94 bits per heavy atom. The van der Waals surface area contributed by atoms with Crippen molar-refractivity contribution in [3.05, 3.63) is 36.0 Å². The summed E-state index contributed by atoms with van der Waals surface area (Å²) in [7, 11) is 0. The number of nitrogens with zero attached hydrogens (tertiary/aromatic N) is 4. The minimum absolute atomic E-state index is 0.269. The normalized spacial score (nSPS) is 10.1. The highest BCUT2D eigenvalue weighted by Gasteiger charge is 1.99. The second-order valence-corrected chi connectivity index (χ2v) is 3.31. The maximum atomic E-state index is 5.54. The van der Waals surface area contributed by atoms with Crippen molar-refractivity contribution in [1.29, 1.82) is 0 Å². The Hall–Kier alpha value is -2.24. The third-order valence-electron chi connectivity index (χ3n) is 1.97. The molecule has 0 fully saturated rings. The first kappa shape index (κ1) is 10.3. The van der Waals surface area contributed by atoms with E-state index in [1.54, 1.807) is 6.20 Å². The second-order valence-electron chi connectivity index (χ2n) is 3.31. The van der Waals surface area contributed by atoms with Crippen molar-refractivity contribution in [3.63, 3.8) is 0 Å². The van der Waals surface area contributed by atoms with Crippen LogP contribution in [0.4, 0.5) is 11.8 Å². The monoisotopic (exact) mass is 216 g/mol. The Balaban J connectivity index is 2.05. The predicted molar refractivity (Wildman–Crippen MR) is 60.5 cm³/mol. The van der Waals surface area contributed by atoms with Crippen LogP contribution >= 0.6 is 0 Å². The number of hydrogen-bond donors (Lipinski definition) is 2. The minimum atomic E-state index is 0.269. The maximum absolute atomic E-state index is 5.54. The fourth-order valence-corrected chi connectivity index (χ4v) is 1.29. The van der Waals surface area contributed by atoms with Gasteiger partial charge in [-0.15, -0.1) is 0 Å². The Kier molecular flexibility index (Phi) is 2.90. The van der Waals surface area contributed by atoms with Crippen LogP contribution in [-0.4, -0.2) is 19.9 Å². The molecule has 0 spiro atoms. The van der Waals surface area contributed by atoms with Crippen molar-refractivity contribution in [2.75, 3.05) is 11.1 Å². The number of nitrogen functional groups attached to an aromatic ring is 1. The van der Waals surface area contributed by atoms with E-state index >= 15 is 0 Å². The number of aromatic nitrogens is 4. The Labute approximate surface area is 93.0 Å². The van der Waals surface area contributed by atoms with Crippen LogP contribution in [-0.2, 0) is 6.54 Å². The summed E-state index contributed by atoms with van der Waals surface area (Å²) in [6.45, 7) is 2.45. The van der Waals surface area contributed by atoms with Gasteiger partial charge >= 0.3 is 0 Å². The molecule has 6 heteroatoms. The molecule has 0 amide bonds. The van der Waals surface area contributed by atoms with Crippen LogP contribution in [0.25, 0.3) is 0 Å². The first-order valence-electron chi connectivity index (χ1n) is 4.84. The van der Waals surface area contributed by atoms with Crippen LogP contribution in [0, 0.1) is 6.92 Å². The highest BCUT2D eigenvalue weighted by Crippen LogP contribution is 2.08. The van der Waals surface area contributed by atoms with E-state index in [2.05, 4.69) is 25.3 Å². The molecular weight excluding hydrogens is 204 g/mol. The van der Waals surface area contributed by atoms with E-state index in [1.165, 1.54) is 6.33 Å². The Bertz CT molecular complexity index is 450. The van der Waals surface area contributed by atoms with E-state index < -0.39 is 0 Å². The molecule has 0 bridgehead atoms. The molecule has 0 radical (unpaired) electrons. The molecule has 2 aromatic rings. The van der Waals surface area contributed by atoms with Gasteiger partial charge in [0.1, 0.15) is 12.1 Å². The lowest BCUT2D eigenvalue weighted by Gasteiger charge is -2.05. The molecule has 0 unspecified atom stereocenters. The smallest absolute Gasteiger partial charge is 0.222 e. The summed E-state index contributed by atoms with van der Waals surface area (Å²) < 4.78 is 0. The largest absolute Gasteiger partial charge is 0.368 e. The summed E-state index contributed by atoms with van der Waals surface area (Å²) in [4.78, 5) is 16.0. The quantitative estimate of drug-likeness (QED) is 0.787. The topological polar surface area (TPSA) is 89.6 Å². The summed E-state index contributed by atoms with van der Waals surface area (Å²) in [6.07, 6.45) is 3.21. The molecule has 2 heterocycles. The van der Waals surface area contributed by atoms with Crippen molar-refractivity contribution < 1.29 is 0 Å². The van der Waals surface area contributed by atoms with E-state index in [0.29, 0.717) is 12.4 Å². The van der Waals surface area contributed by atoms with Crippen LogP contribution in [0.3, 0.4) is 0 Å². The highest BCUT2D eigenvalue weighted by atomic mass is 15.1. The molecule has 2 aromatic heterocycles. The fraction of sp³-hybridized carbons (Fsp3) is 0.200. The zero-order valence-corrected chi connectivity index (χ0v) is 8.88. The lowest BCUT2D eigenvalue weighted by atomic mass is 10.4. The van der Waals surface area contributed by atoms with Gasteiger partial charge in [-0.2, -0.15) is 4.98 Å². The summed E-state index contributed by atoms with van der Waals surface area (Å²) in [6, 6.07) is 3.67. The molecule has 0 aromatic carbocycles. The second kappa shape index (κ2) is 4.52. The van der Waals surface area contributed by atoms with Gasteiger partial charge in [-0.1, -0.05) is 0 Å². The molecule has 0 aliphatic carbocycles. The minimum Gasteiger partial charge on any atom is -0.368 e. The van der Waals surface area contributed by atoms with E-state index in [4.69, 9.17) is 5.73 Å². The number of rotatable bonds is 3. The third-order valence-corrected chi connectivity index (χ3v) is 1.97. The molecule has 2 rings (SSSR count). The van der Waals surface area contributed by atoms with Gasteiger partial charge in [0.05, 0.1) is 12.2 Å². The molecule has 0 aliphatic heterocycles. The van der Waals surface area contributed by atoms with Crippen LogP contribution in [0.5, 0.6) is 0 Å². The van der Waals surface area contributed by atoms with Gasteiger partial charge in [-0.05, 0) is 13.0 Å². The number of aryl methyl sites for hydroxylation is 1. The molecule has 3 N–H and O–H groups in total. The number of nitrogens with two attached hydrogens (primary N) is 1. The summed E-state index contributed by atoms with van der Waals surface area (Å²) in [5.74, 6) is 0.966. The van der Waals surface area contributed by atoms with Crippen molar-refractivity contribution in [1.82, 2.24) is 19.9 Å². The zero-order chi connectivity index (χ0) is 11.4. The van der Waals surface area contributed by atoms with E-state index in [-0.39, 0.29) is 5.95 Å². The van der Waals surface area contributed by atoms with Gasteiger partial charge in [-0.25, -0.2) is 15.0 Å². The summed E-state index contributed by atoms with van der Waals surface area (Å²) in [5, 5.41) is 3.12. The van der Waals surface area contributed by atoms with E-state index in [0.717, 1.165) is 11.4 Å². The summed E-state index contributed by atoms with van der Waals surface area (Å²) >= 11 is 0. The number of hydrogen-bond acceptors (Lipinski definition) is 6. The molecule has 0 atom stereocenters. The highest BCUT2D eigenvalue weighted by molar-refractivity contribution is 5.40. The molecule has 0 aliphatic rings. The zero-order valence-electron chi connectivity index (χ0n) is 8.88. The van der Waals surface area contributed by atoms with E-state index in [9.17, 15) is 0 Å². The summed E-state index contributed by atoms with van der Waals surface area (Å²) in [5.41, 5.74) is 7.27. The molecule has 82 valence electrons. The van der Waals surface area contributed by atoms with Gasteiger partial charge in [0.2, 0.25) is 5.95 Å². The lowest BCUT2D eigenvalue weighted by molar-refractivity contribution is 0.989. The van der Waals surface area contributed by atoms with Crippen LogP contribution in [0.2, 0.25) is 0 Å². The Morgan fingerprint density at radius 1 is 1.38 bits per heavy atom. The standard InChI is InChI=1S/C10H12N6/c1-7-4-9(16-10(11)15-7)13-5-8-2-3-12-6-14-8/h2-4,6H,5H2,1H3,(H3,11,13,15,16). The first-order chi connectivity index (χ1) is 7.74. The van der Waals surface area contributed by atoms with Gasteiger partial charge in [0, 0.05) is 18.0 Å². The maximum Gasteiger partial charge on any atom is 0.222 e. The van der Waals surface area contributed by atoms with Crippen LogP contribution in [0.15, 0.2) is 24.7 Å². The van der Waals surface area contributed by atoms with Crippen LogP contribution in [0.1, 0.15) is 11.4 Å². The van der Waals surface area contributed by atoms with Crippen molar-refractivity contribution >= 4 is 11.8 Å².